The maximum Gasteiger partial charge on any atom is 0.138 e. The number of rotatable bonds is 5. The van der Waals surface area contributed by atoms with E-state index >= 15 is 0 Å². The zero-order valence-corrected chi connectivity index (χ0v) is 9.90. The first-order valence-electron chi connectivity index (χ1n) is 4.83. The minimum Gasteiger partial charge on any atom is -0.488 e. The van der Waals surface area contributed by atoms with Gasteiger partial charge in [0.15, 0.2) is 0 Å². The van der Waals surface area contributed by atoms with Crippen LogP contribution in [-0.4, -0.2) is 20.2 Å². The Morgan fingerprint density at radius 1 is 1.53 bits per heavy atom. The van der Waals surface area contributed by atoms with Gasteiger partial charge in [-0.1, -0.05) is 24.2 Å². The fourth-order valence-corrected chi connectivity index (χ4v) is 1.37. The van der Waals surface area contributed by atoms with Gasteiger partial charge in [-0.3, -0.25) is 0 Å². The molecule has 1 rings (SSSR count). The lowest BCUT2D eigenvalue weighted by molar-refractivity contribution is 0.349. The minimum atomic E-state index is 0.490. The van der Waals surface area contributed by atoms with Gasteiger partial charge in [0.05, 0.1) is 5.02 Å². The summed E-state index contributed by atoms with van der Waals surface area (Å²) in [6.45, 7) is 7.13. The molecule has 15 heavy (non-hydrogen) atoms. The van der Waals surface area contributed by atoms with Crippen LogP contribution in [0.1, 0.15) is 5.56 Å². The number of likely N-dealkylation sites (N-methyl/N-ethyl adjacent to an activating group) is 1. The van der Waals surface area contributed by atoms with E-state index in [0.717, 1.165) is 17.7 Å². The van der Waals surface area contributed by atoms with Crippen LogP contribution in [-0.2, 0) is 0 Å². The van der Waals surface area contributed by atoms with E-state index in [1.165, 1.54) is 0 Å². The van der Waals surface area contributed by atoms with E-state index in [4.69, 9.17) is 16.3 Å². The highest BCUT2D eigenvalue weighted by atomic mass is 35.5. The molecule has 0 atom stereocenters. The van der Waals surface area contributed by atoms with E-state index in [1.54, 1.807) is 0 Å². The molecular weight excluding hydrogens is 210 g/mol. The van der Waals surface area contributed by atoms with E-state index < -0.39 is 0 Å². The van der Waals surface area contributed by atoms with Gasteiger partial charge in [0.2, 0.25) is 0 Å². The summed E-state index contributed by atoms with van der Waals surface area (Å²) in [4.78, 5) is 0. The van der Waals surface area contributed by atoms with Gasteiger partial charge in [-0.2, -0.15) is 0 Å². The SMILES string of the molecule is C=C(CNC)COc1cc(C)ccc1Cl. The normalized spacial score (nSPS) is 10.1. The van der Waals surface area contributed by atoms with Gasteiger partial charge in [0.1, 0.15) is 12.4 Å². The molecular formula is C12H16ClNO. The van der Waals surface area contributed by atoms with Crippen molar-refractivity contribution < 1.29 is 4.74 Å². The average molecular weight is 226 g/mol. The van der Waals surface area contributed by atoms with E-state index in [1.807, 2.05) is 32.2 Å². The highest BCUT2D eigenvalue weighted by Crippen LogP contribution is 2.25. The third kappa shape index (κ3) is 3.94. The van der Waals surface area contributed by atoms with Gasteiger partial charge in [0, 0.05) is 6.54 Å². The van der Waals surface area contributed by atoms with Crippen molar-refractivity contribution in [1.29, 1.82) is 0 Å². The first-order chi connectivity index (χ1) is 7.13. The quantitative estimate of drug-likeness (QED) is 0.779. The molecule has 1 N–H and O–H groups in total. The van der Waals surface area contributed by atoms with Crippen LogP contribution in [0.5, 0.6) is 5.75 Å². The Kier molecular flexibility index (Phi) is 4.66. The highest BCUT2D eigenvalue weighted by molar-refractivity contribution is 6.32. The molecule has 0 fully saturated rings. The van der Waals surface area contributed by atoms with E-state index in [2.05, 4.69) is 11.9 Å². The molecule has 0 saturated carbocycles. The molecule has 0 amide bonds. The number of hydrogen-bond donors (Lipinski definition) is 1. The van der Waals surface area contributed by atoms with Crippen molar-refractivity contribution in [2.75, 3.05) is 20.2 Å². The van der Waals surface area contributed by atoms with Gasteiger partial charge in [0.25, 0.3) is 0 Å². The molecule has 0 radical (unpaired) electrons. The standard InChI is InChI=1S/C12H16ClNO/c1-9-4-5-11(13)12(6-9)15-8-10(2)7-14-3/h4-6,14H,2,7-8H2,1,3H3. The second kappa shape index (κ2) is 5.79. The van der Waals surface area contributed by atoms with Crippen molar-refractivity contribution in [3.63, 3.8) is 0 Å². The Balaban J connectivity index is 2.57. The fourth-order valence-electron chi connectivity index (χ4n) is 1.20. The first-order valence-corrected chi connectivity index (χ1v) is 5.21. The van der Waals surface area contributed by atoms with Crippen molar-refractivity contribution in [2.24, 2.45) is 0 Å². The summed E-state index contributed by atoms with van der Waals surface area (Å²) in [5, 5.41) is 3.65. The molecule has 3 heteroatoms. The van der Waals surface area contributed by atoms with E-state index in [0.29, 0.717) is 17.4 Å². The lowest BCUT2D eigenvalue weighted by Gasteiger charge is -2.10. The summed E-state index contributed by atoms with van der Waals surface area (Å²) in [5.74, 6) is 0.717. The Morgan fingerprint density at radius 3 is 2.93 bits per heavy atom. The lowest BCUT2D eigenvalue weighted by atomic mass is 10.2. The fraction of sp³-hybridized carbons (Fsp3) is 0.333. The molecule has 0 aliphatic rings. The number of benzene rings is 1. The van der Waals surface area contributed by atoms with Gasteiger partial charge in [-0.05, 0) is 37.2 Å². The third-order valence-corrected chi connectivity index (χ3v) is 2.26. The lowest BCUT2D eigenvalue weighted by Crippen LogP contribution is -2.14. The predicted molar refractivity (Wildman–Crippen MR) is 64.8 cm³/mol. The Bertz CT molecular complexity index is 349. The summed E-state index contributed by atoms with van der Waals surface area (Å²) in [6, 6.07) is 5.72. The zero-order chi connectivity index (χ0) is 11.3. The molecule has 0 heterocycles. The maximum absolute atomic E-state index is 5.99. The van der Waals surface area contributed by atoms with Crippen molar-refractivity contribution >= 4 is 11.6 Å². The van der Waals surface area contributed by atoms with Gasteiger partial charge in [-0.15, -0.1) is 0 Å². The summed E-state index contributed by atoms with van der Waals surface area (Å²) in [7, 11) is 1.88. The van der Waals surface area contributed by atoms with Gasteiger partial charge >= 0.3 is 0 Å². The number of aryl methyl sites for hydroxylation is 1. The summed E-state index contributed by atoms with van der Waals surface area (Å²) >= 11 is 5.99. The van der Waals surface area contributed by atoms with Crippen LogP contribution in [0.2, 0.25) is 5.02 Å². The molecule has 0 aliphatic carbocycles. The largest absolute Gasteiger partial charge is 0.488 e. The molecule has 0 unspecified atom stereocenters. The van der Waals surface area contributed by atoms with E-state index in [-0.39, 0.29) is 0 Å². The second-order valence-electron chi connectivity index (χ2n) is 3.50. The molecule has 0 saturated heterocycles. The molecule has 82 valence electrons. The van der Waals surface area contributed by atoms with Gasteiger partial charge < -0.3 is 10.1 Å². The number of nitrogens with one attached hydrogen (secondary N) is 1. The van der Waals surface area contributed by atoms with Crippen molar-refractivity contribution in [3.8, 4) is 5.75 Å². The molecule has 1 aromatic carbocycles. The van der Waals surface area contributed by atoms with Crippen LogP contribution in [0.3, 0.4) is 0 Å². The molecule has 0 spiro atoms. The van der Waals surface area contributed by atoms with Crippen molar-refractivity contribution in [1.82, 2.24) is 5.32 Å². The molecule has 2 nitrogen and oxygen atoms in total. The smallest absolute Gasteiger partial charge is 0.138 e. The maximum atomic E-state index is 5.99. The summed E-state index contributed by atoms with van der Waals surface area (Å²) in [6.07, 6.45) is 0. The van der Waals surface area contributed by atoms with Crippen LogP contribution in [0, 0.1) is 6.92 Å². The molecule has 1 aromatic rings. The van der Waals surface area contributed by atoms with Crippen LogP contribution < -0.4 is 10.1 Å². The topological polar surface area (TPSA) is 21.3 Å². The minimum absolute atomic E-state index is 0.490. The third-order valence-electron chi connectivity index (χ3n) is 1.95. The van der Waals surface area contributed by atoms with Crippen LogP contribution in [0.15, 0.2) is 30.4 Å². The zero-order valence-electron chi connectivity index (χ0n) is 9.14. The summed E-state index contributed by atoms with van der Waals surface area (Å²) in [5.41, 5.74) is 2.13. The van der Waals surface area contributed by atoms with Gasteiger partial charge in [-0.25, -0.2) is 0 Å². The van der Waals surface area contributed by atoms with E-state index in [9.17, 15) is 0 Å². The predicted octanol–water partition coefficient (Wildman–Crippen LogP) is 2.80. The van der Waals surface area contributed by atoms with Crippen molar-refractivity contribution in [2.45, 2.75) is 6.92 Å². The Labute approximate surface area is 95.9 Å². The van der Waals surface area contributed by atoms with Crippen molar-refractivity contribution in [3.05, 3.63) is 40.9 Å². The summed E-state index contributed by atoms with van der Waals surface area (Å²) < 4.78 is 5.56. The van der Waals surface area contributed by atoms with Crippen LogP contribution >= 0.6 is 11.6 Å². The molecule has 0 aromatic heterocycles. The number of ether oxygens (including phenoxy) is 1. The highest BCUT2D eigenvalue weighted by Gasteiger charge is 2.02. The monoisotopic (exact) mass is 225 g/mol. The first kappa shape index (κ1) is 12.1. The van der Waals surface area contributed by atoms with Crippen LogP contribution in [0.4, 0.5) is 0 Å². The number of hydrogen-bond acceptors (Lipinski definition) is 2. The second-order valence-corrected chi connectivity index (χ2v) is 3.91. The van der Waals surface area contributed by atoms with Crippen LogP contribution in [0.25, 0.3) is 0 Å². The number of halogens is 1. The average Bonchev–Trinajstić information content (AvgIpc) is 2.20. The molecule has 0 aliphatic heterocycles. The Hall–Kier alpha value is -0.990. The molecule has 0 bridgehead atoms. The Morgan fingerprint density at radius 2 is 2.27 bits per heavy atom.